The van der Waals surface area contributed by atoms with E-state index >= 15 is 0 Å². The number of alkyl halides is 2. The van der Waals surface area contributed by atoms with E-state index in [4.69, 9.17) is 23.2 Å². The summed E-state index contributed by atoms with van der Waals surface area (Å²) in [7, 11) is 0. The molecule has 0 amide bonds. The summed E-state index contributed by atoms with van der Waals surface area (Å²) >= 11 is 11.9. The van der Waals surface area contributed by atoms with E-state index in [9.17, 15) is 8.78 Å². The fourth-order valence-corrected chi connectivity index (χ4v) is 2.80. The highest BCUT2D eigenvalue weighted by molar-refractivity contribution is 6.21. The molecular formula is C13H16Cl2F2. The summed E-state index contributed by atoms with van der Waals surface area (Å²) in [4.78, 5) is 0. The molecule has 0 aromatic heterocycles. The molecule has 0 fully saturated rings. The maximum absolute atomic E-state index is 13.6. The van der Waals surface area contributed by atoms with Gasteiger partial charge in [0.15, 0.2) is 11.6 Å². The average molecular weight is 281 g/mol. The van der Waals surface area contributed by atoms with Crippen LogP contribution in [0.25, 0.3) is 0 Å². The predicted molar refractivity (Wildman–Crippen MR) is 68.8 cm³/mol. The molecule has 0 bridgehead atoms. The molecule has 0 unspecified atom stereocenters. The Morgan fingerprint density at radius 1 is 1.18 bits per heavy atom. The highest BCUT2D eigenvalue weighted by Crippen LogP contribution is 2.35. The SMILES string of the molecule is CC(C)C(CCl)(CCl)Cc1cccc(F)c1F. The average Bonchev–Trinajstić information content (AvgIpc) is 2.31. The third-order valence-corrected chi connectivity index (χ3v) is 4.40. The molecule has 1 aromatic rings. The van der Waals surface area contributed by atoms with Crippen molar-refractivity contribution in [3.05, 3.63) is 35.4 Å². The fraction of sp³-hybridized carbons (Fsp3) is 0.538. The van der Waals surface area contributed by atoms with Crippen molar-refractivity contribution >= 4 is 23.2 Å². The molecule has 0 saturated heterocycles. The van der Waals surface area contributed by atoms with Crippen LogP contribution in [0.2, 0.25) is 0 Å². The maximum Gasteiger partial charge on any atom is 0.162 e. The quantitative estimate of drug-likeness (QED) is 0.690. The normalized spacial score (nSPS) is 12.2. The Morgan fingerprint density at radius 3 is 2.24 bits per heavy atom. The Morgan fingerprint density at radius 2 is 1.76 bits per heavy atom. The lowest BCUT2D eigenvalue weighted by atomic mass is 9.75. The zero-order valence-corrected chi connectivity index (χ0v) is 11.5. The van der Waals surface area contributed by atoms with Crippen LogP contribution in [-0.4, -0.2) is 11.8 Å². The molecule has 96 valence electrons. The van der Waals surface area contributed by atoms with E-state index < -0.39 is 17.0 Å². The number of rotatable bonds is 5. The summed E-state index contributed by atoms with van der Waals surface area (Å²) in [5, 5.41) is 0. The minimum atomic E-state index is -0.829. The molecular weight excluding hydrogens is 265 g/mol. The molecule has 17 heavy (non-hydrogen) atoms. The fourth-order valence-electron chi connectivity index (χ4n) is 1.71. The van der Waals surface area contributed by atoms with Crippen molar-refractivity contribution in [3.8, 4) is 0 Å². The summed E-state index contributed by atoms with van der Waals surface area (Å²) in [5.74, 6) is -0.786. The first-order chi connectivity index (χ1) is 7.96. The van der Waals surface area contributed by atoms with Crippen molar-refractivity contribution in [2.45, 2.75) is 20.3 Å². The zero-order valence-electron chi connectivity index (χ0n) is 9.94. The standard InChI is InChI=1S/C13H16Cl2F2/c1-9(2)13(7-14,8-15)6-10-4-3-5-11(16)12(10)17/h3-5,9H,6-8H2,1-2H3. The van der Waals surface area contributed by atoms with Gasteiger partial charge >= 0.3 is 0 Å². The van der Waals surface area contributed by atoms with Gasteiger partial charge in [0.2, 0.25) is 0 Å². The third-order valence-electron chi connectivity index (χ3n) is 3.33. The van der Waals surface area contributed by atoms with Gasteiger partial charge in [-0.3, -0.25) is 0 Å². The molecule has 4 heteroatoms. The van der Waals surface area contributed by atoms with Crippen LogP contribution in [0.15, 0.2) is 18.2 Å². The lowest BCUT2D eigenvalue weighted by Crippen LogP contribution is -2.34. The summed E-state index contributed by atoms with van der Waals surface area (Å²) in [6.45, 7) is 3.98. The summed E-state index contributed by atoms with van der Waals surface area (Å²) < 4.78 is 26.7. The lowest BCUT2D eigenvalue weighted by molar-refractivity contribution is 0.255. The van der Waals surface area contributed by atoms with Gasteiger partial charge in [-0.25, -0.2) is 8.78 Å². The number of benzene rings is 1. The van der Waals surface area contributed by atoms with Crippen LogP contribution >= 0.6 is 23.2 Å². The monoisotopic (exact) mass is 280 g/mol. The molecule has 0 atom stereocenters. The molecule has 0 nitrogen and oxygen atoms in total. The van der Waals surface area contributed by atoms with Crippen LogP contribution < -0.4 is 0 Å². The highest BCUT2D eigenvalue weighted by Gasteiger charge is 2.33. The van der Waals surface area contributed by atoms with E-state index in [-0.39, 0.29) is 5.92 Å². The van der Waals surface area contributed by atoms with Crippen molar-refractivity contribution in [2.75, 3.05) is 11.8 Å². The Balaban J connectivity index is 3.06. The van der Waals surface area contributed by atoms with Gasteiger partial charge in [-0.2, -0.15) is 0 Å². The predicted octanol–water partition coefficient (Wildman–Crippen LogP) is 4.63. The number of halogens is 4. The van der Waals surface area contributed by atoms with Crippen molar-refractivity contribution in [1.82, 2.24) is 0 Å². The van der Waals surface area contributed by atoms with Gasteiger partial charge in [0.1, 0.15) is 0 Å². The van der Waals surface area contributed by atoms with E-state index in [2.05, 4.69) is 0 Å². The second-order valence-electron chi connectivity index (χ2n) is 4.67. The summed E-state index contributed by atoms with van der Waals surface area (Å²) in [6.07, 6.45) is 0.348. The molecule has 0 aliphatic heterocycles. The van der Waals surface area contributed by atoms with Crippen molar-refractivity contribution < 1.29 is 8.78 Å². The third kappa shape index (κ3) is 3.11. The molecule has 1 rings (SSSR count). The minimum absolute atomic E-state index is 0.195. The van der Waals surface area contributed by atoms with Crippen LogP contribution in [0.1, 0.15) is 19.4 Å². The van der Waals surface area contributed by atoms with Gasteiger partial charge in [0, 0.05) is 17.2 Å². The van der Waals surface area contributed by atoms with Crippen molar-refractivity contribution in [1.29, 1.82) is 0 Å². The van der Waals surface area contributed by atoms with Gasteiger partial charge in [0.25, 0.3) is 0 Å². The molecule has 0 aliphatic rings. The lowest BCUT2D eigenvalue weighted by Gasteiger charge is -2.34. The number of hydrogen-bond acceptors (Lipinski definition) is 0. The minimum Gasteiger partial charge on any atom is -0.204 e. The van der Waals surface area contributed by atoms with Crippen LogP contribution in [0.5, 0.6) is 0 Å². The number of hydrogen-bond donors (Lipinski definition) is 0. The largest absolute Gasteiger partial charge is 0.204 e. The molecule has 0 aliphatic carbocycles. The van der Waals surface area contributed by atoms with Crippen LogP contribution in [0, 0.1) is 23.0 Å². The molecule has 0 heterocycles. The zero-order chi connectivity index (χ0) is 13.1. The Hall–Kier alpha value is -0.340. The maximum atomic E-state index is 13.6. The molecule has 0 spiro atoms. The topological polar surface area (TPSA) is 0 Å². The van der Waals surface area contributed by atoms with Gasteiger partial charge in [-0.1, -0.05) is 26.0 Å². The summed E-state index contributed by atoms with van der Waals surface area (Å²) in [6, 6.07) is 4.19. The van der Waals surface area contributed by atoms with Crippen molar-refractivity contribution in [3.63, 3.8) is 0 Å². The van der Waals surface area contributed by atoms with E-state index in [0.29, 0.717) is 23.7 Å². The highest BCUT2D eigenvalue weighted by atomic mass is 35.5. The van der Waals surface area contributed by atoms with E-state index in [0.717, 1.165) is 6.07 Å². The molecule has 0 radical (unpaired) electrons. The van der Waals surface area contributed by atoms with E-state index in [1.807, 2.05) is 13.8 Å². The second-order valence-corrected chi connectivity index (χ2v) is 5.21. The Kier molecular flexibility index (Phi) is 5.21. The Labute approximate surface area is 111 Å². The smallest absolute Gasteiger partial charge is 0.162 e. The van der Waals surface area contributed by atoms with E-state index in [1.54, 1.807) is 6.07 Å². The first kappa shape index (κ1) is 14.7. The molecule has 1 aromatic carbocycles. The van der Waals surface area contributed by atoms with Gasteiger partial charge < -0.3 is 0 Å². The van der Waals surface area contributed by atoms with E-state index in [1.165, 1.54) is 6.07 Å². The molecule has 0 N–H and O–H groups in total. The van der Waals surface area contributed by atoms with Crippen molar-refractivity contribution in [2.24, 2.45) is 11.3 Å². The summed E-state index contributed by atoms with van der Waals surface area (Å²) in [5.41, 5.74) is -0.0717. The Bertz CT molecular complexity index is 374. The van der Waals surface area contributed by atoms with Gasteiger partial charge in [-0.15, -0.1) is 23.2 Å². The van der Waals surface area contributed by atoms with Gasteiger partial charge in [0.05, 0.1) is 0 Å². The second kappa shape index (κ2) is 6.01. The molecule has 0 saturated carbocycles. The van der Waals surface area contributed by atoms with Crippen LogP contribution in [0.3, 0.4) is 0 Å². The first-order valence-electron chi connectivity index (χ1n) is 5.51. The first-order valence-corrected chi connectivity index (χ1v) is 6.58. The van der Waals surface area contributed by atoms with Gasteiger partial charge in [-0.05, 0) is 24.0 Å². The van der Waals surface area contributed by atoms with Crippen LogP contribution in [0.4, 0.5) is 8.78 Å². The van der Waals surface area contributed by atoms with Crippen LogP contribution in [-0.2, 0) is 6.42 Å².